The zero-order valence-corrected chi connectivity index (χ0v) is 12.8. The van der Waals surface area contributed by atoms with Gasteiger partial charge in [0.05, 0.1) is 11.9 Å². The van der Waals surface area contributed by atoms with Gasteiger partial charge < -0.3 is 9.52 Å². The van der Waals surface area contributed by atoms with Crippen LogP contribution in [-0.2, 0) is 0 Å². The van der Waals surface area contributed by atoms with Gasteiger partial charge in [0.1, 0.15) is 0 Å². The fraction of sp³-hybridized carbons (Fsp3) is 0. The first-order chi connectivity index (χ1) is 11.8. The lowest BCUT2D eigenvalue weighted by Crippen LogP contribution is -1.83. The summed E-state index contributed by atoms with van der Waals surface area (Å²) in [7, 11) is 0. The van der Waals surface area contributed by atoms with Crippen LogP contribution in [0.15, 0.2) is 82.2 Å². The molecule has 3 aromatic carbocycles. The minimum absolute atomic E-state index is 0.238. The molecule has 0 aliphatic rings. The predicted octanol–water partition coefficient (Wildman–Crippen LogP) is 4.95. The number of rotatable bonds is 3. The molecule has 0 radical (unpaired) electrons. The molecule has 0 amide bonds. The summed E-state index contributed by atoms with van der Waals surface area (Å²) >= 11 is 0. The van der Waals surface area contributed by atoms with E-state index in [1.54, 1.807) is 0 Å². The minimum Gasteiger partial charge on any atom is -0.479 e. The van der Waals surface area contributed by atoms with Crippen LogP contribution in [0.3, 0.4) is 0 Å². The van der Waals surface area contributed by atoms with E-state index in [9.17, 15) is 5.11 Å². The van der Waals surface area contributed by atoms with E-state index in [1.165, 1.54) is 6.21 Å². The summed E-state index contributed by atoms with van der Waals surface area (Å²) in [6, 6.07) is 23.4. The number of aromatic nitrogens is 1. The fourth-order valence-corrected chi connectivity index (χ4v) is 2.56. The number of nitrogens with zero attached hydrogens (tertiary/aromatic N) is 2. The van der Waals surface area contributed by atoms with E-state index in [1.807, 2.05) is 72.8 Å². The highest BCUT2D eigenvalue weighted by atomic mass is 16.5. The van der Waals surface area contributed by atoms with Crippen molar-refractivity contribution in [1.82, 2.24) is 4.98 Å². The standard InChI is InChI=1S/C20H14N2O2/c23-20-18(22-19(24-20)15-8-2-1-3-9-15)13-21-17-12-6-10-14-7-4-5-11-16(14)17/h1-13,23H. The highest BCUT2D eigenvalue weighted by molar-refractivity contribution is 5.95. The number of benzene rings is 3. The molecule has 24 heavy (non-hydrogen) atoms. The van der Waals surface area contributed by atoms with Crippen molar-refractivity contribution >= 4 is 22.7 Å². The van der Waals surface area contributed by atoms with Gasteiger partial charge in [-0.25, -0.2) is 4.98 Å². The third-order valence-electron chi connectivity index (χ3n) is 3.75. The molecule has 1 N–H and O–H groups in total. The lowest BCUT2D eigenvalue weighted by Gasteiger charge is -2.00. The highest BCUT2D eigenvalue weighted by Crippen LogP contribution is 2.28. The van der Waals surface area contributed by atoms with E-state index < -0.39 is 0 Å². The summed E-state index contributed by atoms with van der Waals surface area (Å²) in [5.74, 6) is 0.130. The molecule has 0 unspecified atom stereocenters. The van der Waals surface area contributed by atoms with Gasteiger partial charge in [-0.1, -0.05) is 54.6 Å². The van der Waals surface area contributed by atoms with E-state index in [2.05, 4.69) is 9.98 Å². The monoisotopic (exact) mass is 314 g/mol. The van der Waals surface area contributed by atoms with E-state index in [4.69, 9.17) is 4.42 Å². The number of oxazole rings is 1. The smallest absolute Gasteiger partial charge is 0.312 e. The minimum atomic E-state index is -0.238. The summed E-state index contributed by atoms with van der Waals surface area (Å²) in [5, 5.41) is 12.1. The number of fused-ring (bicyclic) bond motifs is 1. The topological polar surface area (TPSA) is 58.6 Å². The molecule has 0 aliphatic carbocycles. The van der Waals surface area contributed by atoms with E-state index in [0.717, 1.165) is 22.0 Å². The molecular formula is C20H14N2O2. The Kier molecular flexibility index (Phi) is 3.56. The second kappa shape index (κ2) is 6.01. The quantitative estimate of drug-likeness (QED) is 0.544. The van der Waals surface area contributed by atoms with Gasteiger partial charge in [0.2, 0.25) is 5.89 Å². The number of aliphatic imine (C=N–C) groups is 1. The first kappa shape index (κ1) is 14.2. The van der Waals surface area contributed by atoms with Gasteiger partial charge >= 0.3 is 5.95 Å². The van der Waals surface area contributed by atoms with Gasteiger partial charge in [0, 0.05) is 10.9 Å². The van der Waals surface area contributed by atoms with Crippen LogP contribution >= 0.6 is 0 Å². The Morgan fingerprint density at radius 2 is 1.62 bits per heavy atom. The van der Waals surface area contributed by atoms with Gasteiger partial charge in [-0.2, -0.15) is 0 Å². The molecule has 0 spiro atoms. The van der Waals surface area contributed by atoms with Crippen LogP contribution in [0.4, 0.5) is 5.69 Å². The van der Waals surface area contributed by atoms with Gasteiger partial charge in [-0.15, -0.1) is 0 Å². The van der Waals surface area contributed by atoms with Crippen molar-refractivity contribution in [2.45, 2.75) is 0 Å². The molecule has 0 saturated carbocycles. The van der Waals surface area contributed by atoms with Crippen molar-refractivity contribution in [3.05, 3.63) is 78.5 Å². The van der Waals surface area contributed by atoms with Crippen LogP contribution in [-0.4, -0.2) is 16.3 Å². The Morgan fingerprint density at radius 1 is 0.875 bits per heavy atom. The molecule has 4 rings (SSSR count). The van der Waals surface area contributed by atoms with Gasteiger partial charge in [0.25, 0.3) is 0 Å². The van der Waals surface area contributed by atoms with E-state index in [-0.39, 0.29) is 5.95 Å². The third kappa shape index (κ3) is 2.65. The summed E-state index contributed by atoms with van der Waals surface area (Å²) in [4.78, 5) is 8.77. The predicted molar refractivity (Wildman–Crippen MR) is 94.8 cm³/mol. The average molecular weight is 314 g/mol. The SMILES string of the molecule is Oc1oc(-c2ccccc2)nc1C=Nc1cccc2ccccc12. The molecule has 0 fully saturated rings. The Morgan fingerprint density at radius 3 is 2.50 bits per heavy atom. The Labute approximate surface area is 138 Å². The maximum atomic E-state index is 9.96. The van der Waals surface area contributed by atoms with E-state index in [0.29, 0.717) is 11.6 Å². The fourth-order valence-electron chi connectivity index (χ4n) is 2.56. The van der Waals surface area contributed by atoms with Crippen molar-refractivity contribution in [3.63, 3.8) is 0 Å². The normalized spacial score (nSPS) is 11.3. The average Bonchev–Trinajstić information content (AvgIpc) is 3.01. The molecular weight excluding hydrogens is 300 g/mol. The summed E-state index contributed by atoms with van der Waals surface area (Å²) in [6.45, 7) is 0. The molecule has 0 aliphatic heterocycles. The van der Waals surface area contributed by atoms with Crippen LogP contribution in [0.5, 0.6) is 5.95 Å². The zero-order chi connectivity index (χ0) is 16.4. The second-order valence-corrected chi connectivity index (χ2v) is 5.33. The van der Waals surface area contributed by atoms with Crippen LogP contribution in [0, 0.1) is 0 Å². The zero-order valence-electron chi connectivity index (χ0n) is 12.8. The number of hydrogen-bond donors (Lipinski definition) is 1. The lowest BCUT2D eigenvalue weighted by molar-refractivity contribution is 0.337. The van der Waals surface area contributed by atoms with Gasteiger partial charge in [-0.05, 0) is 23.6 Å². The van der Waals surface area contributed by atoms with Crippen molar-refractivity contribution in [2.75, 3.05) is 0 Å². The third-order valence-corrected chi connectivity index (χ3v) is 3.75. The van der Waals surface area contributed by atoms with Crippen LogP contribution < -0.4 is 0 Å². The largest absolute Gasteiger partial charge is 0.479 e. The van der Waals surface area contributed by atoms with Crippen LogP contribution in [0.1, 0.15) is 5.69 Å². The van der Waals surface area contributed by atoms with Crippen LogP contribution in [0.25, 0.3) is 22.2 Å². The van der Waals surface area contributed by atoms with Crippen molar-refractivity contribution in [1.29, 1.82) is 0 Å². The van der Waals surface area contributed by atoms with Gasteiger partial charge in [-0.3, -0.25) is 4.99 Å². The molecule has 4 nitrogen and oxygen atoms in total. The molecule has 4 aromatic rings. The maximum absolute atomic E-state index is 9.96. The molecule has 116 valence electrons. The van der Waals surface area contributed by atoms with Crippen molar-refractivity contribution in [2.24, 2.45) is 4.99 Å². The van der Waals surface area contributed by atoms with Gasteiger partial charge in [0.15, 0.2) is 5.69 Å². The lowest BCUT2D eigenvalue weighted by atomic mass is 10.1. The molecule has 0 saturated heterocycles. The van der Waals surface area contributed by atoms with Crippen molar-refractivity contribution in [3.8, 4) is 17.4 Å². The summed E-state index contributed by atoms with van der Waals surface area (Å²) in [6.07, 6.45) is 1.52. The van der Waals surface area contributed by atoms with E-state index >= 15 is 0 Å². The molecule has 1 aromatic heterocycles. The first-order valence-electron chi connectivity index (χ1n) is 7.58. The maximum Gasteiger partial charge on any atom is 0.312 e. The summed E-state index contributed by atoms with van der Waals surface area (Å²) < 4.78 is 5.33. The molecule has 0 bridgehead atoms. The first-order valence-corrected chi connectivity index (χ1v) is 7.58. The summed E-state index contributed by atoms with van der Waals surface area (Å²) in [5.41, 5.74) is 1.93. The molecule has 4 heteroatoms. The Hall–Kier alpha value is -3.40. The van der Waals surface area contributed by atoms with Crippen molar-refractivity contribution < 1.29 is 9.52 Å². The number of aromatic hydroxyl groups is 1. The second-order valence-electron chi connectivity index (χ2n) is 5.33. The molecule has 0 atom stereocenters. The number of hydrogen-bond acceptors (Lipinski definition) is 4. The highest BCUT2D eigenvalue weighted by Gasteiger charge is 2.12. The Bertz CT molecular complexity index is 1010. The molecule has 1 heterocycles. The van der Waals surface area contributed by atoms with Crippen LogP contribution in [0.2, 0.25) is 0 Å². The Balaban J connectivity index is 1.70.